The number of carbonyl (C=O) groups is 1. The summed E-state index contributed by atoms with van der Waals surface area (Å²) in [5.41, 5.74) is 1.65. The molecule has 1 aromatic carbocycles. The van der Waals surface area contributed by atoms with Gasteiger partial charge in [-0.2, -0.15) is 0 Å². The van der Waals surface area contributed by atoms with E-state index in [1.165, 1.54) is 12.1 Å². The lowest BCUT2D eigenvalue weighted by Crippen LogP contribution is -2.25. The average Bonchev–Trinajstić information content (AvgIpc) is 2.78. The molecule has 4 heteroatoms. The highest BCUT2D eigenvalue weighted by molar-refractivity contribution is 5.93. The summed E-state index contributed by atoms with van der Waals surface area (Å²) in [5, 5.41) is 2.83. The van der Waals surface area contributed by atoms with Crippen molar-refractivity contribution in [1.29, 1.82) is 0 Å². The van der Waals surface area contributed by atoms with E-state index in [0.29, 0.717) is 18.5 Å². The number of aromatic nitrogens is 1. The number of amides is 1. The van der Waals surface area contributed by atoms with Crippen molar-refractivity contribution in [3.05, 3.63) is 59.7 Å². The number of benzene rings is 1. The van der Waals surface area contributed by atoms with Crippen LogP contribution in [0.5, 0.6) is 0 Å². The van der Waals surface area contributed by atoms with Gasteiger partial charge in [0.25, 0.3) is 5.91 Å². The fourth-order valence-electron chi connectivity index (χ4n) is 1.71. The zero-order chi connectivity index (χ0) is 13.0. The van der Waals surface area contributed by atoms with Crippen molar-refractivity contribution in [3.8, 4) is 0 Å². The van der Waals surface area contributed by atoms with E-state index in [9.17, 15) is 9.18 Å². The lowest BCUT2D eigenvalue weighted by atomic mass is 10.1. The molecule has 0 saturated carbocycles. The zero-order valence-corrected chi connectivity index (χ0v) is 10.2. The van der Waals surface area contributed by atoms with Crippen LogP contribution in [0.4, 0.5) is 4.39 Å². The molecule has 3 nitrogen and oxygen atoms in total. The molecule has 0 bridgehead atoms. The Labute approximate surface area is 105 Å². The van der Waals surface area contributed by atoms with Gasteiger partial charge in [0, 0.05) is 26.0 Å². The normalized spacial score (nSPS) is 10.3. The topological polar surface area (TPSA) is 34.0 Å². The van der Waals surface area contributed by atoms with Crippen molar-refractivity contribution >= 4 is 5.91 Å². The summed E-state index contributed by atoms with van der Waals surface area (Å²) < 4.78 is 14.5. The Balaban J connectivity index is 1.82. The summed E-state index contributed by atoms with van der Waals surface area (Å²) in [7, 11) is 1.87. The first-order valence-electron chi connectivity index (χ1n) is 5.80. The minimum Gasteiger partial charge on any atom is -0.356 e. The third-order valence-electron chi connectivity index (χ3n) is 2.71. The van der Waals surface area contributed by atoms with E-state index in [4.69, 9.17) is 0 Å². The maximum atomic E-state index is 12.7. The number of aryl methyl sites for hydroxylation is 1. The number of halogens is 1. The van der Waals surface area contributed by atoms with Crippen LogP contribution >= 0.6 is 0 Å². The van der Waals surface area contributed by atoms with Crippen LogP contribution in [0.3, 0.4) is 0 Å². The molecule has 0 radical (unpaired) electrons. The van der Waals surface area contributed by atoms with E-state index in [1.54, 1.807) is 24.4 Å². The van der Waals surface area contributed by atoms with E-state index in [-0.39, 0.29) is 11.7 Å². The minimum absolute atomic E-state index is 0.0855. The van der Waals surface area contributed by atoms with Crippen molar-refractivity contribution < 1.29 is 9.18 Å². The lowest BCUT2D eigenvalue weighted by molar-refractivity contribution is 0.0954. The molecule has 0 aliphatic heterocycles. The average molecular weight is 246 g/mol. The maximum absolute atomic E-state index is 12.7. The number of hydrogen-bond donors (Lipinski definition) is 1. The first kappa shape index (κ1) is 12.4. The van der Waals surface area contributed by atoms with E-state index >= 15 is 0 Å². The predicted molar refractivity (Wildman–Crippen MR) is 67.9 cm³/mol. The molecule has 1 heterocycles. The number of hydrogen-bond acceptors (Lipinski definition) is 1. The van der Waals surface area contributed by atoms with Crippen molar-refractivity contribution in [3.63, 3.8) is 0 Å². The fourth-order valence-corrected chi connectivity index (χ4v) is 1.71. The van der Waals surface area contributed by atoms with E-state index in [2.05, 4.69) is 5.32 Å². The molecule has 1 aromatic heterocycles. The smallest absolute Gasteiger partial charge is 0.252 e. The van der Waals surface area contributed by atoms with Crippen LogP contribution in [0.1, 0.15) is 15.9 Å². The highest BCUT2D eigenvalue weighted by atomic mass is 19.1. The molecule has 1 amide bonds. The van der Waals surface area contributed by atoms with Crippen LogP contribution < -0.4 is 5.32 Å². The molecule has 0 atom stereocenters. The summed E-state index contributed by atoms with van der Waals surface area (Å²) in [5.74, 6) is -0.329. The molecule has 0 saturated heterocycles. The maximum Gasteiger partial charge on any atom is 0.252 e. The van der Waals surface area contributed by atoms with Gasteiger partial charge >= 0.3 is 0 Å². The van der Waals surface area contributed by atoms with Crippen LogP contribution in [-0.2, 0) is 13.5 Å². The SMILES string of the molecule is Cn1ccc(C(=O)NCCc2ccc(F)cc2)c1. The van der Waals surface area contributed by atoms with Crippen LogP contribution in [0, 0.1) is 5.82 Å². The molecule has 0 aliphatic carbocycles. The van der Waals surface area contributed by atoms with Gasteiger partial charge in [0.05, 0.1) is 5.56 Å². The number of carbonyl (C=O) groups excluding carboxylic acids is 1. The Morgan fingerprint density at radius 3 is 2.61 bits per heavy atom. The highest BCUT2D eigenvalue weighted by Gasteiger charge is 2.05. The minimum atomic E-state index is -0.243. The first-order chi connectivity index (χ1) is 8.65. The van der Waals surface area contributed by atoms with Crippen molar-refractivity contribution in [2.45, 2.75) is 6.42 Å². The van der Waals surface area contributed by atoms with Crippen molar-refractivity contribution in [2.75, 3.05) is 6.54 Å². The standard InChI is InChI=1S/C14H15FN2O/c1-17-9-7-12(10-17)14(18)16-8-6-11-2-4-13(15)5-3-11/h2-5,7,9-10H,6,8H2,1H3,(H,16,18). The second-order valence-corrected chi connectivity index (χ2v) is 4.20. The Kier molecular flexibility index (Phi) is 3.77. The van der Waals surface area contributed by atoms with Crippen LogP contribution in [0.25, 0.3) is 0 Å². The van der Waals surface area contributed by atoms with Crippen molar-refractivity contribution in [2.24, 2.45) is 7.05 Å². The molecule has 18 heavy (non-hydrogen) atoms. The monoisotopic (exact) mass is 246 g/mol. The second-order valence-electron chi connectivity index (χ2n) is 4.20. The largest absolute Gasteiger partial charge is 0.356 e. The third kappa shape index (κ3) is 3.20. The summed E-state index contributed by atoms with van der Waals surface area (Å²) in [4.78, 5) is 11.7. The van der Waals surface area contributed by atoms with E-state index in [0.717, 1.165) is 5.56 Å². The Morgan fingerprint density at radius 1 is 1.28 bits per heavy atom. The van der Waals surface area contributed by atoms with Gasteiger partial charge in [0.15, 0.2) is 0 Å². The molecule has 0 fully saturated rings. The summed E-state index contributed by atoms with van der Waals surface area (Å²) >= 11 is 0. The van der Waals surface area contributed by atoms with Gasteiger partial charge in [0.2, 0.25) is 0 Å². The summed E-state index contributed by atoms with van der Waals surface area (Å²) in [6.07, 6.45) is 4.29. The van der Waals surface area contributed by atoms with Crippen molar-refractivity contribution in [1.82, 2.24) is 9.88 Å². The molecule has 0 aliphatic rings. The number of nitrogens with zero attached hydrogens (tertiary/aromatic N) is 1. The summed E-state index contributed by atoms with van der Waals surface area (Å²) in [6.45, 7) is 0.541. The number of rotatable bonds is 4. The molecular weight excluding hydrogens is 231 g/mol. The third-order valence-corrected chi connectivity index (χ3v) is 2.71. The van der Waals surface area contributed by atoms with Gasteiger partial charge in [-0.25, -0.2) is 4.39 Å². The van der Waals surface area contributed by atoms with Gasteiger partial charge in [-0.05, 0) is 30.2 Å². The Bertz CT molecular complexity index is 531. The van der Waals surface area contributed by atoms with Gasteiger partial charge in [-0.3, -0.25) is 4.79 Å². The molecular formula is C14H15FN2O. The Hall–Kier alpha value is -2.10. The Morgan fingerprint density at radius 2 is 2.00 bits per heavy atom. The molecule has 0 spiro atoms. The van der Waals surface area contributed by atoms with E-state index < -0.39 is 0 Å². The van der Waals surface area contributed by atoms with E-state index in [1.807, 2.05) is 17.8 Å². The van der Waals surface area contributed by atoms with Gasteiger partial charge < -0.3 is 9.88 Å². The van der Waals surface area contributed by atoms with Gasteiger partial charge in [0.1, 0.15) is 5.82 Å². The van der Waals surface area contributed by atoms with Crippen LogP contribution in [0.2, 0.25) is 0 Å². The molecule has 1 N–H and O–H groups in total. The first-order valence-corrected chi connectivity index (χ1v) is 5.80. The molecule has 2 aromatic rings. The quantitative estimate of drug-likeness (QED) is 0.881. The van der Waals surface area contributed by atoms with Gasteiger partial charge in [-0.15, -0.1) is 0 Å². The van der Waals surface area contributed by atoms with Crippen LogP contribution in [0.15, 0.2) is 42.7 Å². The second kappa shape index (κ2) is 5.49. The molecule has 0 unspecified atom stereocenters. The zero-order valence-electron chi connectivity index (χ0n) is 10.2. The fraction of sp³-hybridized carbons (Fsp3) is 0.214. The predicted octanol–water partition coefficient (Wildman–Crippen LogP) is 2.14. The highest BCUT2D eigenvalue weighted by Crippen LogP contribution is 2.03. The molecule has 94 valence electrons. The summed E-state index contributed by atoms with van der Waals surface area (Å²) in [6, 6.07) is 8.07. The van der Waals surface area contributed by atoms with Gasteiger partial charge in [-0.1, -0.05) is 12.1 Å². The van der Waals surface area contributed by atoms with Crippen LogP contribution in [-0.4, -0.2) is 17.0 Å². The lowest BCUT2D eigenvalue weighted by Gasteiger charge is -2.04. The number of nitrogens with one attached hydrogen (secondary N) is 1. The molecule has 2 rings (SSSR count).